The molecule has 1 aromatic heterocycles. The second-order valence-corrected chi connectivity index (χ2v) is 6.02. The van der Waals surface area contributed by atoms with E-state index in [0.29, 0.717) is 13.1 Å². The molecule has 0 spiro atoms. The second kappa shape index (κ2) is 7.24. The molecule has 0 bridgehead atoms. The number of nitrogens with zero attached hydrogens (tertiary/aromatic N) is 2. The molecule has 1 atom stereocenters. The summed E-state index contributed by atoms with van der Waals surface area (Å²) in [6.07, 6.45) is 1.47. The molecule has 1 aliphatic rings. The number of β-amino-alcohol motifs (C(OH)–C–C–N with tert-alkyl or cyclic N) is 1. The SMILES string of the molecule is CN(Cc1coc2ccccc12)CC(O)CN1CCOCC1. The first-order valence-electron chi connectivity index (χ1n) is 7.84. The molecule has 1 fully saturated rings. The Labute approximate surface area is 131 Å². The third-order valence-corrected chi connectivity index (χ3v) is 4.10. The maximum Gasteiger partial charge on any atom is 0.134 e. The first-order valence-corrected chi connectivity index (χ1v) is 7.84. The van der Waals surface area contributed by atoms with E-state index >= 15 is 0 Å². The van der Waals surface area contributed by atoms with Crippen LogP contribution in [0.4, 0.5) is 0 Å². The summed E-state index contributed by atoms with van der Waals surface area (Å²) in [4.78, 5) is 4.40. The first-order chi connectivity index (χ1) is 10.7. The number of benzene rings is 1. The number of aliphatic hydroxyl groups is 1. The van der Waals surface area contributed by atoms with Gasteiger partial charge in [0.05, 0.1) is 25.6 Å². The Bertz CT molecular complexity index is 592. The van der Waals surface area contributed by atoms with Crippen LogP contribution in [-0.2, 0) is 11.3 Å². The highest BCUT2D eigenvalue weighted by molar-refractivity contribution is 5.80. The highest BCUT2D eigenvalue weighted by atomic mass is 16.5. The van der Waals surface area contributed by atoms with E-state index in [2.05, 4.69) is 15.9 Å². The lowest BCUT2D eigenvalue weighted by Crippen LogP contribution is -2.43. The van der Waals surface area contributed by atoms with E-state index in [-0.39, 0.29) is 6.10 Å². The number of ether oxygens (including phenoxy) is 1. The van der Waals surface area contributed by atoms with Gasteiger partial charge in [0.15, 0.2) is 0 Å². The second-order valence-electron chi connectivity index (χ2n) is 6.02. The third-order valence-electron chi connectivity index (χ3n) is 4.10. The molecule has 0 amide bonds. The van der Waals surface area contributed by atoms with Gasteiger partial charge in [-0.15, -0.1) is 0 Å². The highest BCUT2D eigenvalue weighted by Gasteiger charge is 2.17. The van der Waals surface area contributed by atoms with Crippen LogP contribution in [0.3, 0.4) is 0 Å². The van der Waals surface area contributed by atoms with Crippen LogP contribution in [-0.4, -0.2) is 67.5 Å². The average Bonchev–Trinajstić information content (AvgIpc) is 2.91. The highest BCUT2D eigenvalue weighted by Crippen LogP contribution is 2.21. The summed E-state index contributed by atoms with van der Waals surface area (Å²) < 4.78 is 10.9. The summed E-state index contributed by atoms with van der Waals surface area (Å²) in [6.45, 7) is 5.49. The van der Waals surface area contributed by atoms with Crippen molar-refractivity contribution in [1.82, 2.24) is 9.80 Å². The Morgan fingerprint density at radius 1 is 1.27 bits per heavy atom. The monoisotopic (exact) mass is 304 g/mol. The predicted molar refractivity (Wildman–Crippen MR) is 85.8 cm³/mol. The molecular weight excluding hydrogens is 280 g/mol. The first kappa shape index (κ1) is 15.5. The molecule has 22 heavy (non-hydrogen) atoms. The number of para-hydroxylation sites is 1. The van der Waals surface area contributed by atoms with Crippen LogP contribution in [0.2, 0.25) is 0 Å². The summed E-state index contributed by atoms with van der Waals surface area (Å²) in [7, 11) is 2.03. The van der Waals surface area contributed by atoms with E-state index in [1.807, 2.05) is 31.5 Å². The van der Waals surface area contributed by atoms with Crippen molar-refractivity contribution in [2.24, 2.45) is 0 Å². The van der Waals surface area contributed by atoms with Crippen molar-refractivity contribution in [3.8, 4) is 0 Å². The van der Waals surface area contributed by atoms with E-state index in [4.69, 9.17) is 9.15 Å². The normalized spacial score (nSPS) is 18.1. The largest absolute Gasteiger partial charge is 0.464 e. The summed E-state index contributed by atoms with van der Waals surface area (Å²) in [5, 5.41) is 11.4. The smallest absolute Gasteiger partial charge is 0.134 e. The van der Waals surface area contributed by atoms with Crippen molar-refractivity contribution < 1.29 is 14.3 Å². The van der Waals surface area contributed by atoms with Crippen molar-refractivity contribution in [2.75, 3.05) is 46.4 Å². The molecule has 2 aromatic rings. The number of fused-ring (bicyclic) bond motifs is 1. The lowest BCUT2D eigenvalue weighted by atomic mass is 10.1. The number of morpholine rings is 1. The minimum atomic E-state index is -0.346. The Morgan fingerprint density at radius 2 is 2.05 bits per heavy atom. The maximum absolute atomic E-state index is 10.3. The zero-order chi connectivity index (χ0) is 15.4. The molecule has 0 saturated carbocycles. The van der Waals surface area contributed by atoms with E-state index in [1.165, 1.54) is 0 Å². The van der Waals surface area contributed by atoms with Crippen molar-refractivity contribution in [1.29, 1.82) is 0 Å². The molecule has 1 aromatic carbocycles. The summed E-state index contributed by atoms with van der Waals surface area (Å²) in [5.41, 5.74) is 2.08. The molecule has 5 nitrogen and oxygen atoms in total. The van der Waals surface area contributed by atoms with Gasteiger partial charge in [0.2, 0.25) is 0 Å². The van der Waals surface area contributed by atoms with E-state index in [0.717, 1.165) is 49.4 Å². The van der Waals surface area contributed by atoms with Crippen LogP contribution in [0.5, 0.6) is 0 Å². The van der Waals surface area contributed by atoms with Gasteiger partial charge in [0.1, 0.15) is 5.58 Å². The van der Waals surface area contributed by atoms with Gasteiger partial charge in [0, 0.05) is 43.7 Å². The molecular formula is C17H24N2O3. The molecule has 1 N–H and O–H groups in total. The molecule has 3 rings (SSSR count). The molecule has 1 saturated heterocycles. The summed E-state index contributed by atoms with van der Waals surface area (Å²) in [5.74, 6) is 0. The van der Waals surface area contributed by atoms with Gasteiger partial charge >= 0.3 is 0 Å². The quantitative estimate of drug-likeness (QED) is 0.877. The lowest BCUT2D eigenvalue weighted by molar-refractivity contribution is 0.00826. The van der Waals surface area contributed by atoms with Crippen LogP contribution in [0, 0.1) is 0 Å². The van der Waals surface area contributed by atoms with Gasteiger partial charge < -0.3 is 14.3 Å². The predicted octanol–water partition coefficient (Wildman–Crippen LogP) is 1.56. The number of rotatable bonds is 6. The van der Waals surface area contributed by atoms with Crippen LogP contribution >= 0.6 is 0 Å². The molecule has 120 valence electrons. The Balaban J connectivity index is 1.52. The van der Waals surface area contributed by atoms with Crippen molar-refractivity contribution in [2.45, 2.75) is 12.6 Å². The van der Waals surface area contributed by atoms with E-state index < -0.39 is 0 Å². The van der Waals surface area contributed by atoms with Gasteiger partial charge in [-0.25, -0.2) is 0 Å². The van der Waals surface area contributed by atoms with Crippen molar-refractivity contribution in [3.63, 3.8) is 0 Å². The van der Waals surface area contributed by atoms with E-state index in [1.54, 1.807) is 0 Å². The fraction of sp³-hybridized carbons (Fsp3) is 0.529. The van der Waals surface area contributed by atoms with Gasteiger partial charge in [-0.2, -0.15) is 0 Å². The minimum Gasteiger partial charge on any atom is -0.464 e. The topological polar surface area (TPSA) is 49.1 Å². The van der Waals surface area contributed by atoms with E-state index in [9.17, 15) is 5.11 Å². The number of hydrogen-bond acceptors (Lipinski definition) is 5. The summed E-state index contributed by atoms with van der Waals surface area (Å²) in [6, 6.07) is 8.05. The zero-order valence-electron chi connectivity index (χ0n) is 13.1. The number of furan rings is 1. The number of aliphatic hydroxyl groups excluding tert-OH is 1. The minimum absolute atomic E-state index is 0.346. The lowest BCUT2D eigenvalue weighted by Gasteiger charge is -2.30. The van der Waals surface area contributed by atoms with Crippen LogP contribution in [0.1, 0.15) is 5.56 Å². The van der Waals surface area contributed by atoms with Gasteiger partial charge in [-0.3, -0.25) is 9.80 Å². The standard InChI is InChI=1S/C17H24N2O3/c1-18(11-15(20)12-19-6-8-21-9-7-19)10-14-13-22-17-5-3-2-4-16(14)17/h2-5,13,15,20H,6-12H2,1H3. The Morgan fingerprint density at radius 3 is 2.86 bits per heavy atom. The zero-order valence-corrected chi connectivity index (χ0v) is 13.1. The maximum atomic E-state index is 10.3. The summed E-state index contributed by atoms with van der Waals surface area (Å²) >= 11 is 0. The molecule has 1 unspecified atom stereocenters. The fourth-order valence-corrected chi connectivity index (χ4v) is 3.01. The Hall–Kier alpha value is -1.40. The van der Waals surface area contributed by atoms with Crippen molar-refractivity contribution in [3.05, 3.63) is 36.1 Å². The third kappa shape index (κ3) is 3.87. The molecule has 1 aliphatic heterocycles. The van der Waals surface area contributed by atoms with Gasteiger partial charge in [0.25, 0.3) is 0 Å². The van der Waals surface area contributed by atoms with Crippen LogP contribution in [0.25, 0.3) is 11.0 Å². The molecule has 0 aliphatic carbocycles. The number of hydrogen-bond donors (Lipinski definition) is 1. The molecule has 5 heteroatoms. The molecule has 2 heterocycles. The Kier molecular flexibility index (Phi) is 5.10. The van der Waals surface area contributed by atoms with Crippen LogP contribution in [0.15, 0.2) is 34.9 Å². The van der Waals surface area contributed by atoms with Crippen molar-refractivity contribution >= 4 is 11.0 Å². The van der Waals surface area contributed by atoms with Gasteiger partial charge in [-0.1, -0.05) is 18.2 Å². The average molecular weight is 304 g/mol. The van der Waals surface area contributed by atoms with Crippen LogP contribution < -0.4 is 0 Å². The molecule has 0 radical (unpaired) electrons. The fourth-order valence-electron chi connectivity index (χ4n) is 3.01. The number of likely N-dealkylation sites (N-methyl/N-ethyl adjacent to an activating group) is 1. The van der Waals surface area contributed by atoms with Gasteiger partial charge in [-0.05, 0) is 13.1 Å².